The van der Waals surface area contributed by atoms with Crippen LogP contribution in [0.5, 0.6) is 5.75 Å². The topological polar surface area (TPSA) is 95.2 Å². The smallest absolute Gasteiger partial charge is 0.347 e. The van der Waals surface area contributed by atoms with E-state index in [2.05, 4.69) is 16.9 Å². The monoisotopic (exact) mass is 359 g/mol. The lowest BCUT2D eigenvalue weighted by atomic mass is 10.0. The zero-order valence-electron chi connectivity index (χ0n) is 14.8. The maximum atomic E-state index is 12.7. The second-order valence-electron chi connectivity index (χ2n) is 5.73. The Morgan fingerprint density at radius 1 is 1.23 bits per heavy atom. The lowest BCUT2D eigenvalue weighted by Crippen LogP contribution is -2.22. The fraction of sp³-hybridized carbons (Fsp3) is 0.368. The van der Waals surface area contributed by atoms with Gasteiger partial charge in [0.1, 0.15) is 22.6 Å². The van der Waals surface area contributed by atoms with Crippen molar-refractivity contribution in [2.75, 3.05) is 7.11 Å². The third-order valence-corrected chi connectivity index (χ3v) is 3.92. The van der Waals surface area contributed by atoms with Crippen molar-refractivity contribution in [1.29, 1.82) is 0 Å². The molecular weight excluding hydrogens is 338 g/mol. The van der Waals surface area contributed by atoms with Gasteiger partial charge in [-0.15, -0.1) is 0 Å². The van der Waals surface area contributed by atoms with Crippen LogP contribution in [0.15, 0.2) is 38.6 Å². The van der Waals surface area contributed by atoms with Gasteiger partial charge in [-0.05, 0) is 31.0 Å². The number of unbranched alkanes of at least 4 members (excludes halogenated alkanes) is 3. The normalized spacial score (nSPS) is 11.4. The third-order valence-electron chi connectivity index (χ3n) is 3.92. The first-order valence-electron chi connectivity index (χ1n) is 8.43. The SMILES string of the molecule is CCCCCC/C(=N\OC=O)C(=O)c1cc2ccc(OC)cc2oc1=O. The summed E-state index contributed by atoms with van der Waals surface area (Å²) in [6, 6.07) is 6.41. The lowest BCUT2D eigenvalue weighted by molar-refractivity contribution is -0.128. The van der Waals surface area contributed by atoms with Gasteiger partial charge in [0.2, 0.25) is 5.78 Å². The number of benzene rings is 1. The van der Waals surface area contributed by atoms with Crippen LogP contribution in [-0.2, 0) is 9.63 Å². The molecule has 0 aliphatic heterocycles. The van der Waals surface area contributed by atoms with Gasteiger partial charge >= 0.3 is 12.1 Å². The van der Waals surface area contributed by atoms with Crippen LogP contribution >= 0.6 is 0 Å². The number of oxime groups is 1. The van der Waals surface area contributed by atoms with Crippen molar-refractivity contribution < 1.29 is 23.6 Å². The van der Waals surface area contributed by atoms with E-state index in [9.17, 15) is 14.4 Å². The number of nitrogens with zero attached hydrogens (tertiary/aromatic N) is 1. The highest BCUT2D eigenvalue weighted by molar-refractivity contribution is 6.46. The number of hydrogen-bond donors (Lipinski definition) is 0. The van der Waals surface area contributed by atoms with Gasteiger partial charge in [0, 0.05) is 11.5 Å². The van der Waals surface area contributed by atoms with E-state index >= 15 is 0 Å². The maximum Gasteiger partial charge on any atom is 0.347 e. The third kappa shape index (κ3) is 4.78. The van der Waals surface area contributed by atoms with E-state index in [0.717, 1.165) is 19.3 Å². The Kier molecular flexibility index (Phi) is 7.08. The van der Waals surface area contributed by atoms with Crippen LogP contribution in [0.2, 0.25) is 0 Å². The first-order chi connectivity index (χ1) is 12.6. The van der Waals surface area contributed by atoms with Crippen molar-refractivity contribution >= 4 is 28.9 Å². The van der Waals surface area contributed by atoms with Crippen LogP contribution in [-0.4, -0.2) is 25.1 Å². The molecule has 7 heteroatoms. The number of hydrogen-bond acceptors (Lipinski definition) is 7. The Labute approximate surface area is 150 Å². The van der Waals surface area contributed by atoms with Crippen molar-refractivity contribution in [1.82, 2.24) is 0 Å². The number of ketones is 1. The summed E-state index contributed by atoms with van der Waals surface area (Å²) in [7, 11) is 1.51. The summed E-state index contributed by atoms with van der Waals surface area (Å²) < 4.78 is 10.3. The summed E-state index contributed by atoms with van der Waals surface area (Å²) in [5.41, 5.74) is -0.584. The zero-order chi connectivity index (χ0) is 18.9. The van der Waals surface area contributed by atoms with Crippen LogP contribution in [0.25, 0.3) is 11.0 Å². The number of fused-ring (bicyclic) bond motifs is 1. The highest BCUT2D eigenvalue weighted by Crippen LogP contribution is 2.20. The Bertz CT molecular complexity index is 868. The standard InChI is InChI=1S/C19H21NO6/c1-3-4-5-6-7-16(20-25-12-21)18(22)15-10-13-8-9-14(24-2)11-17(13)26-19(15)23/h8-12H,3-7H2,1-2H3/b20-16+. The van der Waals surface area contributed by atoms with Gasteiger partial charge in [-0.3, -0.25) is 9.59 Å². The van der Waals surface area contributed by atoms with Gasteiger partial charge in [0.05, 0.1) is 7.11 Å². The molecule has 0 radical (unpaired) electrons. The molecule has 0 aliphatic carbocycles. The molecule has 0 spiro atoms. The molecule has 1 aromatic carbocycles. The quantitative estimate of drug-likeness (QED) is 0.123. The van der Waals surface area contributed by atoms with Gasteiger partial charge in [-0.2, -0.15) is 0 Å². The molecule has 0 saturated heterocycles. The van der Waals surface area contributed by atoms with Gasteiger partial charge in [0.25, 0.3) is 0 Å². The number of ether oxygens (including phenoxy) is 1. The highest BCUT2D eigenvalue weighted by Gasteiger charge is 2.20. The molecule has 0 aliphatic rings. The molecule has 26 heavy (non-hydrogen) atoms. The summed E-state index contributed by atoms with van der Waals surface area (Å²) in [6.45, 7) is 2.21. The van der Waals surface area contributed by atoms with E-state index < -0.39 is 11.4 Å². The summed E-state index contributed by atoms with van der Waals surface area (Å²) in [5.74, 6) is -0.0629. The van der Waals surface area contributed by atoms with E-state index in [-0.39, 0.29) is 17.7 Å². The predicted molar refractivity (Wildman–Crippen MR) is 96.7 cm³/mol. The Hall–Kier alpha value is -2.96. The molecule has 0 bridgehead atoms. The van der Waals surface area contributed by atoms with Crippen LogP contribution in [0.4, 0.5) is 0 Å². The molecule has 0 amide bonds. The largest absolute Gasteiger partial charge is 0.497 e. The van der Waals surface area contributed by atoms with Crippen molar-refractivity contribution in [3.05, 3.63) is 40.2 Å². The molecular formula is C19H21NO6. The van der Waals surface area contributed by atoms with Crippen molar-refractivity contribution in [2.24, 2.45) is 5.16 Å². The molecule has 7 nitrogen and oxygen atoms in total. The number of Topliss-reactive ketones (excluding diaryl/α,β-unsaturated/α-hetero) is 1. The van der Waals surface area contributed by atoms with Crippen LogP contribution in [0, 0.1) is 0 Å². The van der Waals surface area contributed by atoms with Crippen LogP contribution < -0.4 is 10.4 Å². The molecule has 138 valence electrons. The average molecular weight is 359 g/mol. The van der Waals surface area contributed by atoms with Crippen molar-refractivity contribution in [3.8, 4) is 5.75 Å². The molecule has 0 unspecified atom stereocenters. The summed E-state index contributed by atoms with van der Waals surface area (Å²) in [4.78, 5) is 39.7. The molecule has 1 aromatic heterocycles. The number of carbonyl (C=O) groups is 2. The number of methoxy groups -OCH3 is 1. The molecule has 1 heterocycles. The molecule has 0 saturated carbocycles. The second-order valence-corrected chi connectivity index (χ2v) is 5.73. The molecule has 0 atom stereocenters. The molecule has 2 rings (SSSR count). The minimum atomic E-state index is -0.775. The predicted octanol–water partition coefficient (Wildman–Crippen LogP) is 3.48. The van der Waals surface area contributed by atoms with Crippen molar-refractivity contribution in [3.63, 3.8) is 0 Å². The second kappa shape index (κ2) is 9.50. The maximum absolute atomic E-state index is 12.7. The summed E-state index contributed by atoms with van der Waals surface area (Å²) in [5, 5.41) is 4.14. The summed E-state index contributed by atoms with van der Waals surface area (Å²) in [6.07, 6.45) is 4.00. The first-order valence-corrected chi connectivity index (χ1v) is 8.43. The van der Waals surface area contributed by atoms with Gasteiger partial charge in [-0.1, -0.05) is 31.3 Å². The van der Waals surface area contributed by atoms with E-state index in [1.807, 2.05) is 0 Å². The van der Waals surface area contributed by atoms with E-state index in [1.165, 1.54) is 13.2 Å². The average Bonchev–Trinajstić information content (AvgIpc) is 2.66. The fourth-order valence-corrected chi connectivity index (χ4v) is 2.54. The lowest BCUT2D eigenvalue weighted by Gasteiger charge is -2.06. The van der Waals surface area contributed by atoms with Gasteiger partial charge < -0.3 is 14.0 Å². The molecule has 0 fully saturated rings. The highest BCUT2D eigenvalue weighted by atomic mass is 16.7. The Morgan fingerprint density at radius 2 is 2.04 bits per heavy atom. The zero-order valence-corrected chi connectivity index (χ0v) is 14.8. The van der Waals surface area contributed by atoms with E-state index in [0.29, 0.717) is 29.6 Å². The molecule has 0 N–H and O–H groups in total. The fourth-order valence-electron chi connectivity index (χ4n) is 2.54. The Balaban J connectivity index is 2.33. The van der Waals surface area contributed by atoms with Gasteiger partial charge in [-0.25, -0.2) is 4.79 Å². The molecule has 2 aromatic rings. The summed E-state index contributed by atoms with van der Waals surface area (Å²) >= 11 is 0. The minimum absolute atomic E-state index is 0.0216. The van der Waals surface area contributed by atoms with Gasteiger partial charge in [0.15, 0.2) is 0 Å². The van der Waals surface area contributed by atoms with E-state index in [4.69, 9.17) is 9.15 Å². The minimum Gasteiger partial charge on any atom is -0.497 e. The first kappa shape index (κ1) is 19.4. The van der Waals surface area contributed by atoms with Crippen molar-refractivity contribution in [2.45, 2.75) is 39.0 Å². The number of carbonyl (C=O) groups excluding carboxylic acids is 2. The van der Waals surface area contributed by atoms with Crippen LogP contribution in [0.3, 0.4) is 0 Å². The number of rotatable bonds is 10. The Morgan fingerprint density at radius 3 is 2.73 bits per heavy atom. The van der Waals surface area contributed by atoms with E-state index in [1.54, 1.807) is 18.2 Å². The van der Waals surface area contributed by atoms with Crippen LogP contribution in [0.1, 0.15) is 49.4 Å².